The van der Waals surface area contributed by atoms with Gasteiger partial charge in [-0.15, -0.1) is 0 Å². The number of hydrogen-bond acceptors (Lipinski definition) is 3. The number of hydrogen-bond donors (Lipinski definition) is 2. The average Bonchev–Trinajstić information content (AvgIpc) is 3.27. The molecule has 11 heteroatoms. The van der Waals surface area contributed by atoms with Crippen LogP contribution in [0.4, 0.5) is 35.1 Å². The van der Waals surface area contributed by atoms with Crippen LogP contribution in [0, 0.1) is 23.2 Å². The van der Waals surface area contributed by atoms with Crippen LogP contribution in [-0.2, 0) is 6.42 Å². The van der Waals surface area contributed by atoms with Gasteiger partial charge >= 0.3 is 18.0 Å². The number of nitrogens with zero attached hydrogens (tertiary/aromatic N) is 1. The highest BCUT2D eigenvalue weighted by molar-refractivity contribution is 5.40. The van der Waals surface area contributed by atoms with Gasteiger partial charge in [0.1, 0.15) is 11.9 Å². The second kappa shape index (κ2) is 14.9. The van der Waals surface area contributed by atoms with Crippen molar-refractivity contribution in [2.24, 2.45) is 23.2 Å². The Balaban J connectivity index is 1.15. The fourth-order valence-electron chi connectivity index (χ4n) is 8.92. The van der Waals surface area contributed by atoms with Gasteiger partial charge in [-0.1, -0.05) is 38.7 Å². The lowest BCUT2D eigenvalue weighted by Gasteiger charge is -2.53. The van der Waals surface area contributed by atoms with E-state index in [-0.39, 0.29) is 29.6 Å². The number of unbranched alkanes of at least 4 members (excludes halogenated alkanes) is 5. The molecule has 2 saturated carbocycles. The van der Waals surface area contributed by atoms with Crippen LogP contribution < -0.4 is 0 Å². The predicted octanol–water partition coefficient (Wildman–Crippen LogP) is 9.84. The molecule has 3 nitrogen and oxygen atoms in total. The first-order valence-corrected chi connectivity index (χ1v) is 17.1. The van der Waals surface area contributed by atoms with Crippen LogP contribution in [0.1, 0.15) is 114 Å². The van der Waals surface area contributed by atoms with E-state index in [1.54, 1.807) is 6.07 Å². The van der Waals surface area contributed by atoms with Crippen molar-refractivity contribution in [3.63, 3.8) is 0 Å². The summed E-state index contributed by atoms with van der Waals surface area (Å²) in [5.41, 5.74) is 2.29. The van der Waals surface area contributed by atoms with E-state index < -0.39 is 37.0 Å². The summed E-state index contributed by atoms with van der Waals surface area (Å²) >= 11 is 0. The number of aromatic hydroxyl groups is 1. The van der Waals surface area contributed by atoms with Crippen LogP contribution in [0.25, 0.3) is 0 Å². The molecule has 0 radical (unpaired) electrons. The molecule has 0 aromatic heterocycles. The van der Waals surface area contributed by atoms with Crippen molar-refractivity contribution in [2.75, 3.05) is 20.1 Å². The zero-order valence-electron chi connectivity index (χ0n) is 27.1. The Kier molecular flexibility index (Phi) is 12.0. The Labute approximate surface area is 268 Å². The predicted molar refractivity (Wildman–Crippen MR) is 162 cm³/mol. The molecule has 264 valence electrons. The number of fused-ring (bicyclic) bond motifs is 5. The molecule has 3 aliphatic carbocycles. The molecule has 0 saturated heterocycles. The Morgan fingerprint density at radius 2 is 1.57 bits per heavy atom. The van der Waals surface area contributed by atoms with Crippen molar-refractivity contribution < 1.29 is 45.3 Å². The molecule has 4 rings (SSSR count). The number of aliphatic hydroxyl groups excluding tert-OH is 1. The molecule has 1 aromatic carbocycles. The monoisotopic (exact) mass is 669 g/mol. The van der Waals surface area contributed by atoms with Gasteiger partial charge in [-0.3, -0.25) is 0 Å². The zero-order valence-corrected chi connectivity index (χ0v) is 27.1. The zero-order chi connectivity index (χ0) is 33.9. The highest BCUT2D eigenvalue weighted by Gasteiger charge is 2.72. The van der Waals surface area contributed by atoms with Crippen molar-refractivity contribution in [1.82, 2.24) is 4.90 Å². The number of phenols is 1. The van der Waals surface area contributed by atoms with Gasteiger partial charge in [0.05, 0.1) is 6.10 Å². The lowest BCUT2D eigenvalue weighted by Crippen LogP contribution is -2.51. The number of aliphatic hydroxyl groups is 1. The number of alkyl halides is 8. The van der Waals surface area contributed by atoms with Crippen LogP contribution in [-0.4, -0.2) is 65.5 Å². The Hall–Kier alpha value is -1.62. The molecule has 1 unspecified atom stereocenters. The molecule has 0 amide bonds. The first kappa shape index (κ1) is 37.2. The van der Waals surface area contributed by atoms with Crippen LogP contribution in [0.2, 0.25) is 0 Å². The summed E-state index contributed by atoms with van der Waals surface area (Å²) in [6.45, 7) is 3.71. The molecule has 0 spiro atoms. The van der Waals surface area contributed by atoms with Crippen molar-refractivity contribution in [3.05, 3.63) is 29.3 Å². The van der Waals surface area contributed by atoms with E-state index >= 15 is 4.39 Å². The highest BCUT2D eigenvalue weighted by Crippen LogP contribution is 2.63. The normalized spacial score (nSPS) is 29.0. The van der Waals surface area contributed by atoms with Crippen LogP contribution in [0.15, 0.2) is 18.2 Å². The van der Waals surface area contributed by atoms with E-state index in [2.05, 4.69) is 11.8 Å². The number of phenolic OH excluding ortho intramolecular Hbond substituents is 1. The average molecular weight is 670 g/mol. The first-order valence-electron chi connectivity index (χ1n) is 17.1. The van der Waals surface area contributed by atoms with E-state index in [1.807, 2.05) is 19.2 Å². The largest absolute Gasteiger partial charge is 0.508 e. The molecule has 2 fully saturated rings. The van der Waals surface area contributed by atoms with Crippen LogP contribution >= 0.6 is 0 Å². The Bertz CT molecular complexity index is 1130. The van der Waals surface area contributed by atoms with E-state index in [9.17, 15) is 40.9 Å². The SMILES string of the molecule is CN(CCCCCCCCC(F)(F)C(F)(F)C(F)(F)F)CCCC(F)C[C@@H]1Cc2cc(O)ccc2[C@H]2CC[C@]3(C)[C@@H](O)CC[C@H]3[C@H]12. The summed E-state index contributed by atoms with van der Waals surface area (Å²) in [5, 5.41) is 21.0. The lowest BCUT2D eigenvalue weighted by molar-refractivity contribution is -0.355. The molecule has 7 atom stereocenters. The second-order valence-electron chi connectivity index (χ2n) is 14.7. The Morgan fingerprint density at radius 1 is 0.913 bits per heavy atom. The molecular weight excluding hydrogens is 618 g/mol. The summed E-state index contributed by atoms with van der Waals surface area (Å²) in [6.07, 6.45) is -0.432. The molecule has 0 heterocycles. The Morgan fingerprint density at radius 3 is 2.26 bits per heavy atom. The molecule has 3 aliphatic rings. The third-order valence-corrected chi connectivity index (χ3v) is 11.5. The first-order chi connectivity index (χ1) is 21.5. The van der Waals surface area contributed by atoms with E-state index in [0.717, 1.165) is 63.6 Å². The smallest absolute Gasteiger partial charge is 0.459 e. The molecule has 2 N–H and O–H groups in total. The molecular formula is C35H51F8NO2. The van der Waals surface area contributed by atoms with Crippen molar-refractivity contribution in [1.29, 1.82) is 0 Å². The van der Waals surface area contributed by atoms with Gasteiger partial charge in [-0.05, 0) is 137 Å². The summed E-state index contributed by atoms with van der Waals surface area (Å²) < 4.78 is 105. The second-order valence-corrected chi connectivity index (χ2v) is 14.7. The summed E-state index contributed by atoms with van der Waals surface area (Å²) in [4.78, 5) is 2.12. The van der Waals surface area contributed by atoms with Gasteiger partial charge in [0.15, 0.2) is 0 Å². The number of rotatable bonds is 16. The van der Waals surface area contributed by atoms with E-state index in [4.69, 9.17) is 0 Å². The molecule has 0 aliphatic heterocycles. The maximum Gasteiger partial charge on any atom is 0.459 e. The lowest BCUT2D eigenvalue weighted by atomic mass is 9.52. The van der Waals surface area contributed by atoms with Crippen LogP contribution in [0.3, 0.4) is 0 Å². The van der Waals surface area contributed by atoms with Gasteiger partial charge in [0.2, 0.25) is 0 Å². The maximum atomic E-state index is 15.6. The van der Waals surface area contributed by atoms with Gasteiger partial charge < -0.3 is 15.1 Å². The van der Waals surface area contributed by atoms with E-state index in [1.165, 1.54) is 5.56 Å². The van der Waals surface area contributed by atoms with Gasteiger partial charge in [-0.25, -0.2) is 4.39 Å². The van der Waals surface area contributed by atoms with Crippen molar-refractivity contribution in [3.8, 4) is 5.75 Å². The van der Waals surface area contributed by atoms with Crippen molar-refractivity contribution >= 4 is 0 Å². The summed E-state index contributed by atoms with van der Waals surface area (Å²) in [7, 11) is 1.96. The number of benzene rings is 1. The molecule has 0 bridgehead atoms. The topological polar surface area (TPSA) is 43.7 Å². The fourth-order valence-corrected chi connectivity index (χ4v) is 8.92. The minimum Gasteiger partial charge on any atom is -0.508 e. The minimum absolute atomic E-state index is 0.120. The van der Waals surface area contributed by atoms with Gasteiger partial charge in [-0.2, -0.15) is 30.7 Å². The number of halogens is 8. The summed E-state index contributed by atoms with van der Waals surface area (Å²) in [5.74, 6) is -9.72. The third-order valence-electron chi connectivity index (χ3n) is 11.5. The summed E-state index contributed by atoms with van der Waals surface area (Å²) in [6, 6.07) is 5.64. The highest BCUT2D eigenvalue weighted by atomic mass is 19.4. The van der Waals surface area contributed by atoms with Gasteiger partial charge in [0, 0.05) is 6.42 Å². The van der Waals surface area contributed by atoms with Gasteiger partial charge in [0.25, 0.3) is 0 Å². The van der Waals surface area contributed by atoms with Crippen LogP contribution in [0.5, 0.6) is 5.75 Å². The fraction of sp³-hybridized carbons (Fsp3) is 0.829. The minimum atomic E-state index is -6.27. The molecule has 46 heavy (non-hydrogen) atoms. The third kappa shape index (κ3) is 8.15. The molecule has 1 aromatic rings. The van der Waals surface area contributed by atoms with Crippen molar-refractivity contribution in [2.45, 2.75) is 139 Å². The maximum absolute atomic E-state index is 15.6. The quantitative estimate of drug-likeness (QED) is 0.136. The standard InChI is InChI=1S/C35H51F8NO2/c1-32-17-15-28-27-12-11-26(45)22-23(27)20-24(31(28)29(32)13-14-30(32)46)21-25(36)10-9-19-44(2)18-8-6-4-3-5-7-16-33(37,38)34(39,40)35(41,42)43/h11-12,22,24-25,28-31,45-46H,3-10,13-21H2,1-2H3/t24-,25?,28+,29-,30-,31+,32-/m0/s1. The van der Waals surface area contributed by atoms with E-state index in [0.29, 0.717) is 49.9 Å².